The van der Waals surface area contributed by atoms with Gasteiger partial charge in [0.15, 0.2) is 0 Å². The largest absolute Gasteiger partial charge is 0.500 e. The topological polar surface area (TPSA) is 53.7 Å². The van der Waals surface area contributed by atoms with E-state index in [1.807, 2.05) is 31.6 Å². The van der Waals surface area contributed by atoms with Gasteiger partial charge in [0, 0.05) is 30.6 Å². The normalized spacial score (nSPS) is 12.9. The van der Waals surface area contributed by atoms with E-state index in [0.29, 0.717) is 19.8 Å². The second-order valence-electron chi connectivity index (χ2n) is 4.62. The molecule has 0 spiro atoms. The van der Waals surface area contributed by atoms with Crippen LogP contribution in [0, 0.1) is 0 Å². The Morgan fingerprint density at radius 3 is 1.71 bits per heavy atom. The predicted molar refractivity (Wildman–Crippen MR) is 100 cm³/mol. The zero-order valence-corrected chi connectivity index (χ0v) is 17.4. The van der Waals surface area contributed by atoms with E-state index in [9.17, 15) is 0 Å². The quantitative estimate of drug-likeness (QED) is 0.264. The first-order valence-corrected chi connectivity index (χ1v) is 13.2. The summed E-state index contributed by atoms with van der Waals surface area (Å²) in [5.41, 5.74) is 0. The highest BCUT2D eigenvalue weighted by Gasteiger charge is 2.43. The molecule has 0 aliphatic heterocycles. The molecule has 0 bridgehead atoms. The van der Waals surface area contributed by atoms with Crippen LogP contribution in [-0.4, -0.2) is 33.4 Å². The number of hydrogen-bond acceptors (Lipinski definition) is 7. The molecular weight excluding hydrogens is 342 g/mol. The average Bonchev–Trinajstić information content (AvgIpc) is 2.49. The Kier molecular flexibility index (Phi) is 13.2. The third-order valence-electron chi connectivity index (χ3n) is 3.52. The Morgan fingerprint density at radius 1 is 0.905 bits per heavy atom. The van der Waals surface area contributed by atoms with E-state index in [-0.39, 0.29) is 4.75 Å². The van der Waals surface area contributed by atoms with E-state index in [0.717, 1.165) is 25.3 Å². The maximum Gasteiger partial charge on any atom is 0.500 e. The summed E-state index contributed by atoms with van der Waals surface area (Å²) in [4.78, 5) is 0. The summed E-state index contributed by atoms with van der Waals surface area (Å²) in [7, 11) is 2.32. The maximum absolute atomic E-state index is 5.95. The lowest BCUT2D eigenvalue weighted by molar-refractivity contribution is 0.0699. The molecule has 0 aromatic heterocycles. The van der Waals surface area contributed by atoms with Crippen LogP contribution in [0.1, 0.15) is 53.9 Å². The van der Waals surface area contributed by atoms with Crippen molar-refractivity contribution in [1.82, 2.24) is 0 Å². The molecule has 2 N–H and O–H groups in total. The van der Waals surface area contributed by atoms with Crippen molar-refractivity contribution in [2.45, 2.75) is 64.7 Å². The van der Waals surface area contributed by atoms with E-state index in [4.69, 9.17) is 18.4 Å². The zero-order chi connectivity index (χ0) is 16.2. The third kappa shape index (κ3) is 7.96. The molecule has 0 heterocycles. The van der Waals surface area contributed by atoms with Gasteiger partial charge < -0.3 is 13.3 Å². The molecule has 0 aromatic rings. The van der Waals surface area contributed by atoms with Crippen LogP contribution in [-0.2, 0) is 13.3 Å². The highest BCUT2D eigenvalue weighted by Crippen LogP contribution is 2.48. The van der Waals surface area contributed by atoms with E-state index < -0.39 is 8.80 Å². The molecule has 0 aromatic carbocycles. The summed E-state index contributed by atoms with van der Waals surface area (Å²) in [6, 6.07) is 0.868. The van der Waals surface area contributed by atoms with Gasteiger partial charge in [0.2, 0.25) is 0 Å². The Labute approximate surface area is 143 Å². The van der Waals surface area contributed by atoms with Gasteiger partial charge in [-0.3, -0.25) is 5.14 Å². The van der Waals surface area contributed by atoms with Crippen molar-refractivity contribution < 1.29 is 13.3 Å². The maximum atomic E-state index is 5.95. The second kappa shape index (κ2) is 12.5. The van der Waals surface area contributed by atoms with Gasteiger partial charge in [0.1, 0.15) is 0 Å². The van der Waals surface area contributed by atoms with Crippen LogP contribution in [0.4, 0.5) is 0 Å². The molecule has 0 unspecified atom stereocenters. The lowest BCUT2D eigenvalue weighted by Crippen LogP contribution is -2.47. The molecule has 4 nitrogen and oxygen atoms in total. The van der Waals surface area contributed by atoms with Crippen LogP contribution in [0.3, 0.4) is 0 Å². The van der Waals surface area contributed by atoms with Crippen molar-refractivity contribution in [1.29, 1.82) is 0 Å². The van der Waals surface area contributed by atoms with Crippen LogP contribution in [0.5, 0.6) is 0 Å². The van der Waals surface area contributed by atoms with Crippen LogP contribution < -0.4 is 5.14 Å². The standard InChI is InChI=1S/C13H31NO3S3Si/c1-6-13(7-2,18-20-19-14)11-12-21(15-8-3,16-9-4)17-10-5/h6-12,14H2,1-5H3. The summed E-state index contributed by atoms with van der Waals surface area (Å²) in [5, 5.41) is 5.56. The fourth-order valence-corrected chi connectivity index (χ4v) is 8.97. The van der Waals surface area contributed by atoms with E-state index in [1.54, 1.807) is 9.83 Å². The van der Waals surface area contributed by atoms with E-state index >= 15 is 0 Å². The summed E-state index contributed by atoms with van der Waals surface area (Å²) < 4.78 is 18.1. The molecule has 0 fully saturated rings. The molecule has 0 saturated carbocycles. The number of nitrogens with two attached hydrogens (primary N) is 1. The second-order valence-corrected chi connectivity index (χ2v) is 11.4. The minimum Gasteiger partial charge on any atom is -0.374 e. The molecule has 0 aliphatic rings. The predicted octanol–water partition coefficient (Wildman–Crippen LogP) is 4.89. The van der Waals surface area contributed by atoms with Crippen molar-refractivity contribution in [3.63, 3.8) is 0 Å². The SMILES string of the molecule is CCO[Si](CCC(CC)(CC)SSSN)(OCC)OCC. The van der Waals surface area contributed by atoms with Crippen LogP contribution in [0.2, 0.25) is 6.04 Å². The number of rotatable bonds is 14. The summed E-state index contributed by atoms with van der Waals surface area (Å²) in [5.74, 6) is 0. The van der Waals surface area contributed by atoms with Gasteiger partial charge in [0.25, 0.3) is 0 Å². The molecule has 21 heavy (non-hydrogen) atoms. The van der Waals surface area contributed by atoms with E-state index in [2.05, 4.69) is 13.8 Å². The minimum absolute atomic E-state index is 0.209. The van der Waals surface area contributed by atoms with Crippen molar-refractivity contribution in [2.24, 2.45) is 5.14 Å². The average molecular weight is 374 g/mol. The Bertz CT molecular complexity index is 242. The Morgan fingerprint density at radius 2 is 1.38 bits per heavy atom. The molecule has 0 amide bonds. The molecule has 0 aliphatic carbocycles. The van der Waals surface area contributed by atoms with Gasteiger partial charge in [-0.1, -0.05) is 24.6 Å². The summed E-state index contributed by atoms with van der Waals surface area (Å²) in [6.07, 6.45) is 3.25. The third-order valence-corrected chi connectivity index (χ3v) is 10.7. The summed E-state index contributed by atoms with van der Waals surface area (Å²) >= 11 is 0. The van der Waals surface area contributed by atoms with Crippen LogP contribution in [0.25, 0.3) is 0 Å². The summed E-state index contributed by atoms with van der Waals surface area (Å²) in [6.45, 7) is 12.4. The molecule has 0 radical (unpaired) electrons. The molecule has 128 valence electrons. The molecular formula is C13H31NO3S3Si. The fourth-order valence-electron chi connectivity index (χ4n) is 2.24. The van der Waals surface area contributed by atoms with Crippen molar-refractivity contribution in [3.05, 3.63) is 0 Å². The van der Waals surface area contributed by atoms with Gasteiger partial charge in [0.05, 0.1) is 0 Å². The van der Waals surface area contributed by atoms with Gasteiger partial charge in [-0.05, 0) is 60.8 Å². The molecule has 0 atom stereocenters. The molecule has 8 heteroatoms. The van der Waals surface area contributed by atoms with Gasteiger partial charge in [-0.2, -0.15) is 0 Å². The minimum atomic E-state index is -2.54. The molecule has 0 saturated heterocycles. The van der Waals surface area contributed by atoms with Crippen molar-refractivity contribution in [3.8, 4) is 0 Å². The van der Waals surface area contributed by atoms with Crippen molar-refractivity contribution >= 4 is 40.4 Å². The van der Waals surface area contributed by atoms with Crippen LogP contribution >= 0.6 is 31.6 Å². The first-order valence-electron chi connectivity index (χ1n) is 7.70. The van der Waals surface area contributed by atoms with E-state index in [1.165, 1.54) is 11.0 Å². The highest BCUT2D eigenvalue weighted by atomic mass is 33.5. The smallest absolute Gasteiger partial charge is 0.374 e. The Balaban J connectivity index is 4.86. The first-order chi connectivity index (χ1) is 10.1. The highest BCUT2D eigenvalue weighted by molar-refractivity contribution is 9.09. The number of hydrogen-bond donors (Lipinski definition) is 1. The molecule has 0 rings (SSSR count). The van der Waals surface area contributed by atoms with Gasteiger partial charge in [-0.25, -0.2) is 0 Å². The van der Waals surface area contributed by atoms with Crippen molar-refractivity contribution in [2.75, 3.05) is 19.8 Å². The van der Waals surface area contributed by atoms with Crippen LogP contribution in [0.15, 0.2) is 0 Å². The first kappa shape index (κ1) is 22.1. The van der Waals surface area contributed by atoms with Gasteiger partial charge >= 0.3 is 8.80 Å². The fraction of sp³-hybridized carbons (Fsp3) is 1.00. The van der Waals surface area contributed by atoms with Gasteiger partial charge in [-0.15, -0.1) is 0 Å². The lowest BCUT2D eigenvalue weighted by atomic mass is 9.99. The Hall–Kier alpha value is 1.11. The zero-order valence-electron chi connectivity index (χ0n) is 14.0. The lowest BCUT2D eigenvalue weighted by Gasteiger charge is -2.34. The monoisotopic (exact) mass is 373 g/mol.